The Kier molecular flexibility index (Phi) is 6.45. The molecule has 1 aromatic carbocycles. The van der Waals surface area contributed by atoms with Crippen molar-refractivity contribution in [2.24, 2.45) is 0 Å². The molecule has 0 fully saturated rings. The standard InChI is InChI=1S/C15H20N4O4S2/c1-4-19(5-2)25(21,22)15-18-17-14(24-15)16-13(20)10-23-12-9-7-6-8-11(12)3/h6-9H,4-5,10H2,1-3H3,(H,16,17,20). The van der Waals surface area contributed by atoms with Crippen LogP contribution < -0.4 is 10.1 Å². The number of para-hydroxylation sites is 1. The first-order chi connectivity index (χ1) is 11.9. The summed E-state index contributed by atoms with van der Waals surface area (Å²) in [5.41, 5.74) is 0.916. The predicted octanol–water partition coefficient (Wildman–Crippen LogP) is 1.89. The summed E-state index contributed by atoms with van der Waals surface area (Å²) < 4.78 is 31.2. The summed E-state index contributed by atoms with van der Waals surface area (Å²) in [7, 11) is -3.68. The van der Waals surface area contributed by atoms with Crippen LogP contribution >= 0.6 is 11.3 Å². The Hall–Kier alpha value is -2.04. The van der Waals surface area contributed by atoms with E-state index in [0.29, 0.717) is 18.8 Å². The molecular formula is C15H20N4O4S2. The maximum absolute atomic E-state index is 12.3. The minimum absolute atomic E-state index is 0.115. The number of aromatic nitrogens is 2. The molecule has 25 heavy (non-hydrogen) atoms. The van der Waals surface area contributed by atoms with Gasteiger partial charge in [-0.2, -0.15) is 4.31 Å². The lowest BCUT2D eigenvalue weighted by Gasteiger charge is -2.15. The number of hydrogen-bond acceptors (Lipinski definition) is 7. The highest BCUT2D eigenvalue weighted by atomic mass is 32.2. The predicted molar refractivity (Wildman–Crippen MR) is 95.3 cm³/mol. The van der Waals surface area contributed by atoms with E-state index in [1.807, 2.05) is 25.1 Å². The van der Waals surface area contributed by atoms with Crippen molar-refractivity contribution in [3.63, 3.8) is 0 Å². The number of rotatable bonds is 8. The SMILES string of the molecule is CCN(CC)S(=O)(=O)c1nnc(NC(=O)COc2ccccc2C)s1. The van der Waals surface area contributed by atoms with Crippen molar-refractivity contribution in [1.82, 2.24) is 14.5 Å². The highest BCUT2D eigenvalue weighted by molar-refractivity contribution is 7.91. The van der Waals surface area contributed by atoms with Gasteiger partial charge < -0.3 is 4.74 Å². The van der Waals surface area contributed by atoms with Gasteiger partial charge in [0.1, 0.15) is 5.75 Å². The summed E-state index contributed by atoms with van der Waals surface area (Å²) >= 11 is 0.813. The van der Waals surface area contributed by atoms with Gasteiger partial charge >= 0.3 is 0 Å². The van der Waals surface area contributed by atoms with E-state index in [4.69, 9.17) is 4.74 Å². The van der Waals surface area contributed by atoms with Crippen LogP contribution in [0.3, 0.4) is 0 Å². The molecule has 1 aromatic heterocycles. The highest BCUT2D eigenvalue weighted by Crippen LogP contribution is 2.23. The van der Waals surface area contributed by atoms with Crippen molar-refractivity contribution in [1.29, 1.82) is 0 Å². The van der Waals surface area contributed by atoms with Crippen LogP contribution in [0.25, 0.3) is 0 Å². The summed E-state index contributed by atoms with van der Waals surface area (Å²) in [6.45, 7) is 5.83. The maximum Gasteiger partial charge on any atom is 0.272 e. The Morgan fingerprint density at radius 1 is 1.24 bits per heavy atom. The first-order valence-corrected chi connectivity index (χ1v) is 9.96. The Bertz CT molecular complexity index is 832. The zero-order valence-corrected chi connectivity index (χ0v) is 15.9. The molecule has 2 rings (SSSR count). The number of carbonyl (C=O) groups is 1. The lowest BCUT2D eigenvalue weighted by Crippen LogP contribution is -2.30. The molecule has 0 saturated carbocycles. The number of anilines is 1. The molecule has 0 radical (unpaired) electrons. The van der Waals surface area contributed by atoms with E-state index in [1.165, 1.54) is 4.31 Å². The van der Waals surface area contributed by atoms with E-state index >= 15 is 0 Å². The number of sulfonamides is 1. The molecule has 0 bridgehead atoms. The number of carbonyl (C=O) groups excluding carboxylic acids is 1. The number of benzene rings is 1. The molecule has 1 amide bonds. The first-order valence-electron chi connectivity index (χ1n) is 7.70. The lowest BCUT2D eigenvalue weighted by atomic mass is 10.2. The van der Waals surface area contributed by atoms with Crippen LogP contribution in [0.5, 0.6) is 5.75 Å². The molecule has 2 aromatic rings. The fourth-order valence-corrected chi connectivity index (χ4v) is 4.57. The van der Waals surface area contributed by atoms with Gasteiger partial charge in [-0.3, -0.25) is 10.1 Å². The third kappa shape index (κ3) is 4.74. The summed E-state index contributed by atoms with van der Waals surface area (Å²) in [6.07, 6.45) is 0. The van der Waals surface area contributed by atoms with E-state index in [2.05, 4.69) is 15.5 Å². The van der Waals surface area contributed by atoms with Gasteiger partial charge in [-0.25, -0.2) is 8.42 Å². The van der Waals surface area contributed by atoms with E-state index in [9.17, 15) is 13.2 Å². The van der Waals surface area contributed by atoms with Crippen LogP contribution in [0, 0.1) is 6.92 Å². The van der Waals surface area contributed by atoms with Gasteiger partial charge in [0, 0.05) is 13.1 Å². The fraction of sp³-hybridized carbons (Fsp3) is 0.400. The number of aryl methyl sites for hydroxylation is 1. The highest BCUT2D eigenvalue weighted by Gasteiger charge is 2.26. The topological polar surface area (TPSA) is 101 Å². The van der Waals surface area contributed by atoms with E-state index in [0.717, 1.165) is 16.9 Å². The normalized spacial score (nSPS) is 11.5. The van der Waals surface area contributed by atoms with E-state index < -0.39 is 15.9 Å². The van der Waals surface area contributed by atoms with Gasteiger partial charge in [-0.1, -0.05) is 43.4 Å². The number of ether oxygens (including phenoxy) is 1. The lowest BCUT2D eigenvalue weighted by molar-refractivity contribution is -0.118. The molecule has 0 spiro atoms. The number of amides is 1. The second-order valence-corrected chi connectivity index (χ2v) is 8.15. The monoisotopic (exact) mass is 384 g/mol. The number of nitrogens with zero attached hydrogens (tertiary/aromatic N) is 3. The Morgan fingerprint density at radius 2 is 1.92 bits per heavy atom. The summed E-state index contributed by atoms with van der Waals surface area (Å²) in [4.78, 5) is 11.9. The number of nitrogens with one attached hydrogen (secondary N) is 1. The third-order valence-electron chi connectivity index (χ3n) is 3.37. The first kappa shape index (κ1) is 19.3. The van der Waals surface area contributed by atoms with Gasteiger partial charge in [-0.15, -0.1) is 10.2 Å². The van der Waals surface area contributed by atoms with Crippen molar-refractivity contribution in [3.8, 4) is 5.75 Å². The van der Waals surface area contributed by atoms with Crippen LogP contribution in [0.4, 0.5) is 5.13 Å². The van der Waals surface area contributed by atoms with Gasteiger partial charge in [0.25, 0.3) is 15.9 Å². The van der Waals surface area contributed by atoms with Crippen LogP contribution in [-0.2, 0) is 14.8 Å². The second kappa shape index (κ2) is 8.37. The Labute approximate surface area is 150 Å². The third-order valence-corrected chi connectivity index (χ3v) is 6.61. The van der Waals surface area contributed by atoms with Crippen LogP contribution in [-0.4, -0.2) is 48.5 Å². The smallest absolute Gasteiger partial charge is 0.272 e. The summed E-state index contributed by atoms with van der Waals surface area (Å²) in [6, 6.07) is 7.33. The van der Waals surface area contributed by atoms with E-state index in [1.54, 1.807) is 19.9 Å². The van der Waals surface area contributed by atoms with Crippen molar-refractivity contribution in [2.75, 3.05) is 25.0 Å². The largest absolute Gasteiger partial charge is 0.483 e. The van der Waals surface area contributed by atoms with Crippen molar-refractivity contribution < 1.29 is 17.9 Å². The number of hydrogen-bond donors (Lipinski definition) is 1. The fourth-order valence-electron chi connectivity index (χ4n) is 2.06. The van der Waals surface area contributed by atoms with Crippen molar-refractivity contribution in [2.45, 2.75) is 25.1 Å². The molecule has 8 nitrogen and oxygen atoms in total. The minimum Gasteiger partial charge on any atom is -0.483 e. The average Bonchev–Trinajstić information content (AvgIpc) is 3.04. The Balaban J connectivity index is 1.99. The van der Waals surface area contributed by atoms with Gasteiger partial charge in [0.2, 0.25) is 9.47 Å². The van der Waals surface area contributed by atoms with E-state index in [-0.39, 0.29) is 16.1 Å². The maximum atomic E-state index is 12.3. The average molecular weight is 384 g/mol. The van der Waals surface area contributed by atoms with Crippen LogP contribution in [0.2, 0.25) is 0 Å². The molecule has 136 valence electrons. The molecule has 0 unspecified atom stereocenters. The summed E-state index contributed by atoms with van der Waals surface area (Å²) in [5, 5.41) is 10.0. The molecule has 0 aliphatic rings. The Morgan fingerprint density at radius 3 is 2.56 bits per heavy atom. The molecule has 0 aliphatic heterocycles. The van der Waals surface area contributed by atoms with Gasteiger partial charge in [-0.05, 0) is 18.6 Å². The van der Waals surface area contributed by atoms with Gasteiger partial charge in [0.15, 0.2) is 6.61 Å². The minimum atomic E-state index is -3.68. The van der Waals surface area contributed by atoms with Crippen molar-refractivity contribution >= 4 is 32.4 Å². The second-order valence-electron chi connectivity index (χ2n) is 5.06. The molecule has 1 heterocycles. The zero-order valence-electron chi connectivity index (χ0n) is 14.2. The van der Waals surface area contributed by atoms with Crippen molar-refractivity contribution in [3.05, 3.63) is 29.8 Å². The molecule has 0 atom stereocenters. The molecule has 1 N–H and O–H groups in total. The van der Waals surface area contributed by atoms with Crippen LogP contribution in [0.1, 0.15) is 19.4 Å². The molecule has 10 heteroatoms. The summed E-state index contributed by atoms with van der Waals surface area (Å²) in [5.74, 6) is 0.172. The van der Waals surface area contributed by atoms with Gasteiger partial charge in [0.05, 0.1) is 0 Å². The quantitative estimate of drug-likeness (QED) is 0.698. The molecular weight excluding hydrogens is 364 g/mol. The molecule has 0 saturated heterocycles. The molecule has 0 aliphatic carbocycles. The zero-order chi connectivity index (χ0) is 18.4. The van der Waals surface area contributed by atoms with Crippen LogP contribution in [0.15, 0.2) is 28.6 Å².